The average Bonchev–Trinajstić information content (AvgIpc) is 2.84. The second-order valence-corrected chi connectivity index (χ2v) is 5.63. The van der Waals surface area contributed by atoms with Gasteiger partial charge in [-0.25, -0.2) is 0 Å². The van der Waals surface area contributed by atoms with Gasteiger partial charge in [-0.3, -0.25) is 9.88 Å². The van der Waals surface area contributed by atoms with Crippen LogP contribution >= 0.6 is 0 Å². The molecule has 108 valence electrons. The van der Waals surface area contributed by atoms with E-state index in [1.807, 2.05) is 18.3 Å². The number of benzene rings is 1. The number of fused-ring (bicyclic) bond motifs is 1. The van der Waals surface area contributed by atoms with E-state index in [-0.39, 0.29) is 0 Å². The minimum Gasteiger partial charge on any atom is -0.350 e. The summed E-state index contributed by atoms with van der Waals surface area (Å²) in [5.41, 5.74) is 3.75. The number of aryl methyl sites for hydroxylation is 1. The highest BCUT2D eigenvalue weighted by Crippen LogP contribution is 2.24. The van der Waals surface area contributed by atoms with Gasteiger partial charge in [-0.15, -0.1) is 0 Å². The summed E-state index contributed by atoms with van der Waals surface area (Å²) in [6, 6.07) is 15.0. The third-order valence-corrected chi connectivity index (χ3v) is 4.18. The zero-order chi connectivity index (χ0) is 14.8. The Hall–Kier alpha value is -2.13. The molecule has 0 N–H and O–H groups in total. The van der Waals surface area contributed by atoms with E-state index in [0.29, 0.717) is 6.04 Å². The monoisotopic (exact) mass is 279 g/mol. The molecular formula is C18H21N3. The zero-order valence-corrected chi connectivity index (χ0v) is 12.8. The first kappa shape index (κ1) is 13.8. The lowest BCUT2D eigenvalue weighted by molar-refractivity contribution is 0.249. The summed E-state index contributed by atoms with van der Waals surface area (Å²) in [6.07, 6.45) is 4.09. The lowest BCUT2D eigenvalue weighted by Crippen LogP contribution is -2.22. The number of aromatic nitrogens is 2. The van der Waals surface area contributed by atoms with Crippen molar-refractivity contribution >= 4 is 10.9 Å². The Bertz CT molecular complexity index is 731. The Kier molecular flexibility index (Phi) is 3.76. The SMILES string of the molecule is CC(c1ccccn1)N(C)Cc1cn(C)c2ccccc12. The third-order valence-electron chi connectivity index (χ3n) is 4.18. The number of para-hydroxylation sites is 1. The van der Waals surface area contributed by atoms with Gasteiger partial charge in [0.1, 0.15) is 0 Å². The number of nitrogens with zero attached hydrogens (tertiary/aromatic N) is 3. The molecule has 0 aliphatic heterocycles. The highest BCUT2D eigenvalue weighted by Gasteiger charge is 2.15. The normalized spacial score (nSPS) is 13.0. The van der Waals surface area contributed by atoms with Crippen molar-refractivity contribution in [3.63, 3.8) is 0 Å². The molecule has 3 aromatic rings. The number of rotatable bonds is 4. The Balaban J connectivity index is 1.85. The lowest BCUT2D eigenvalue weighted by atomic mass is 10.1. The predicted molar refractivity (Wildman–Crippen MR) is 87.0 cm³/mol. The molecule has 0 spiro atoms. The van der Waals surface area contributed by atoms with Crippen LogP contribution in [0.25, 0.3) is 10.9 Å². The number of hydrogen-bond acceptors (Lipinski definition) is 2. The van der Waals surface area contributed by atoms with Crippen LogP contribution in [0.15, 0.2) is 54.9 Å². The molecule has 0 aliphatic rings. The molecular weight excluding hydrogens is 258 g/mol. The molecule has 1 aromatic carbocycles. The van der Waals surface area contributed by atoms with Crippen molar-refractivity contribution in [1.82, 2.24) is 14.5 Å². The Morgan fingerprint density at radius 1 is 1.14 bits per heavy atom. The summed E-state index contributed by atoms with van der Waals surface area (Å²) in [7, 11) is 4.26. The molecule has 0 bridgehead atoms. The van der Waals surface area contributed by atoms with Crippen LogP contribution in [0.5, 0.6) is 0 Å². The number of hydrogen-bond donors (Lipinski definition) is 0. The van der Waals surface area contributed by atoms with E-state index in [1.165, 1.54) is 16.5 Å². The molecule has 2 heterocycles. The average molecular weight is 279 g/mol. The highest BCUT2D eigenvalue weighted by molar-refractivity contribution is 5.83. The van der Waals surface area contributed by atoms with E-state index in [9.17, 15) is 0 Å². The molecule has 0 amide bonds. The van der Waals surface area contributed by atoms with Crippen LogP contribution in [0.3, 0.4) is 0 Å². The van der Waals surface area contributed by atoms with Gasteiger partial charge in [0, 0.05) is 42.9 Å². The first-order valence-electron chi connectivity index (χ1n) is 7.31. The van der Waals surface area contributed by atoms with E-state index in [0.717, 1.165) is 12.2 Å². The van der Waals surface area contributed by atoms with Gasteiger partial charge in [-0.1, -0.05) is 24.3 Å². The van der Waals surface area contributed by atoms with Crippen molar-refractivity contribution in [3.05, 3.63) is 66.1 Å². The highest BCUT2D eigenvalue weighted by atomic mass is 15.1. The van der Waals surface area contributed by atoms with Crippen LogP contribution in [0.4, 0.5) is 0 Å². The van der Waals surface area contributed by atoms with Crippen LogP contribution in [-0.4, -0.2) is 21.5 Å². The summed E-state index contributed by atoms with van der Waals surface area (Å²) in [5.74, 6) is 0. The first-order valence-corrected chi connectivity index (χ1v) is 7.31. The number of pyridine rings is 1. The molecule has 0 saturated heterocycles. The maximum absolute atomic E-state index is 4.46. The van der Waals surface area contributed by atoms with E-state index >= 15 is 0 Å². The van der Waals surface area contributed by atoms with Gasteiger partial charge in [0.2, 0.25) is 0 Å². The third kappa shape index (κ3) is 2.69. The van der Waals surface area contributed by atoms with Crippen molar-refractivity contribution in [2.45, 2.75) is 19.5 Å². The fourth-order valence-corrected chi connectivity index (χ4v) is 2.81. The summed E-state index contributed by atoms with van der Waals surface area (Å²) in [5, 5.41) is 1.33. The fourth-order valence-electron chi connectivity index (χ4n) is 2.81. The van der Waals surface area contributed by atoms with Crippen LogP contribution in [0.2, 0.25) is 0 Å². The van der Waals surface area contributed by atoms with Crippen molar-refractivity contribution in [2.24, 2.45) is 7.05 Å². The summed E-state index contributed by atoms with van der Waals surface area (Å²) < 4.78 is 2.20. The molecule has 3 nitrogen and oxygen atoms in total. The van der Waals surface area contributed by atoms with E-state index in [2.05, 4.69) is 72.0 Å². The molecule has 1 atom stereocenters. The van der Waals surface area contributed by atoms with Crippen molar-refractivity contribution < 1.29 is 0 Å². The standard InChI is InChI=1S/C18H21N3/c1-14(17-9-6-7-11-19-17)20(2)12-15-13-21(3)18-10-5-4-8-16(15)18/h4-11,13-14H,12H2,1-3H3. The molecule has 3 rings (SSSR count). The summed E-state index contributed by atoms with van der Waals surface area (Å²) in [4.78, 5) is 6.80. The van der Waals surface area contributed by atoms with Gasteiger partial charge in [0.15, 0.2) is 0 Å². The second kappa shape index (κ2) is 5.70. The van der Waals surface area contributed by atoms with Crippen molar-refractivity contribution in [3.8, 4) is 0 Å². The molecule has 2 aromatic heterocycles. The summed E-state index contributed by atoms with van der Waals surface area (Å²) in [6.45, 7) is 3.12. The molecule has 0 saturated carbocycles. The maximum atomic E-state index is 4.46. The van der Waals surface area contributed by atoms with Gasteiger partial charge in [-0.05, 0) is 37.7 Å². The Morgan fingerprint density at radius 2 is 1.90 bits per heavy atom. The first-order chi connectivity index (χ1) is 10.2. The van der Waals surface area contributed by atoms with Crippen molar-refractivity contribution in [1.29, 1.82) is 0 Å². The van der Waals surface area contributed by atoms with Crippen LogP contribution in [0, 0.1) is 0 Å². The molecule has 0 radical (unpaired) electrons. The molecule has 0 fully saturated rings. The lowest BCUT2D eigenvalue weighted by Gasteiger charge is -2.24. The molecule has 0 aliphatic carbocycles. The predicted octanol–water partition coefficient (Wildman–Crippen LogP) is 3.77. The van der Waals surface area contributed by atoms with Gasteiger partial charge in [-0.2, -0.15) is 0 Å². The van der Waals surface area contributed by atoms with Gasteiger partial charge in [0.25, 0.3) is 0 Å². The molecule has 1 unspecified atom stereocenters. The summed E-state index contributed by atoms with van der Waals surface area (Å²) >= 11 is 0. The molecule has 3 heteroatoms. The Morgan fingerprint density at radius 3 is 2.67 bits per heavy atom. The smallest absolute Gasteiger partial charge is 0.0572 e. The second-order valence-electron chi connectivity index (χ2n) is 5.63. The van der Waals surface area contributed by atoms with Gasteiger partial charge in [0.05, 0.1) is 5.69 Å². The largest absolute Gasteiger partial charge is 0.350 e. The van der Waals surface area contributed by atoms with Gasteiger partial charge >= 0.3 is 0 Å². The van der Waals surface area contributed by atoms with E-state index in [4.69, 9.17) is 0 Å². The quantitative estimate of drug-likeness (QED) is 0.725. The minimum atomic E-state index is 0.296. The maximum Gasteiger partial charge on any atom is 0.0572 e. The topological polar surface area (TPSA) is 21.1 Å². The molecule has 21 heavy (non-hydrogen) atoms. The fraction of sp³-hybridized carbons (Fsp3) is 0.278. The zero-order valence-electron chi connectivity index (χ0n) is 12.8. The van der Waals surface area contributed by atoms with Crippen LogP contribution in [0.1, 0.15) is 24.2 Å². The van der Waals surface area contributed by atoms with Crippen molar-refractivity contribution in [2.75, 3.05) is 7.05 Å². The Labute approximate surface area is 125 Å². The minimum absolute atomic E-state index is 0.296. The van der Waals surface area contributed by atoms with E-state index in [1.54, 1.807) is 0 Å². The van der Waals surface area contributed by atoms with Crippen LogP contribution < -0.4 is 0 Å². The van der Waals surface area contributed by atoms with Gasteiger partial charge < -0.3 is 4.57 Å². The van der Waals surface area contributed by atoms with Crippen LogP contribution in [-0.2, 0) is 13.6 Å². The van der Waals surface area contributed by atoms with E-state index < -0.39 is 0 Å².